The highest BCUT2D eigenvalue weighted by atomic mass is 16.5. The van der Waals surface area contributed by atoms with E-state index >= 15 is 0 Å². The van der Waals surface area contributed by atoms with Crippen LogP contribution >= 0.6 is 0 Å². The molecule has 0 aliphatic rings. The van der Waals surface area contributed by atoms with E-state index in [0.29, 0.717) is 19.6 Å². The zero-order chi connectivity index (χ0) is 12.0. The summed E-state index contributed by atoms with van der Waals surface area (Å²) < 4.78 is 10.9. The van der Waals surface area contributed by atoms with E-state index in [-0.39, 0.29) is 0 Å². The van der Waals surface area contributed by atoms with Crippen LogP contribution < -0.4 is 9.47 Å². The summed E-state index contributed by atoms with van der Waals surface area (Å²) in [6.45, 7) is 6.63. The minimum absolute atomic E-state index is 0.499. The lowest BCUT2D eigenvalue weighted by Gasteiger charge is -2.17. The summed E-state index contributed by atoms with van der Waals surface area (Å²) >= 11 is 0. The van der Waals surface area contributed by atoms with Gasteiger partial charge in [0.25, 0.3) is 0 Å². The van der Waals surface area contributed by atoms with E-state index in [4.69, 9.17) is 9.47 Å². The van der Waals surface area contributed by atoms with Crippen molar-refractivity contribution in [3.63, 3.8) is 0 Å². The van der Waals surface area contributed by atoms with Crippen molar-refractivity contribution in [1.82, 2.24) is 0 Å². The van der Waals surface area contributed by atoms with Crippen LogP contribution in [-0.2, 0) is 0 Å². The summed E-state index contributed by atoms with van der Waals surface area (Å²) in [7, 11) is 0. The van der Waals surface area contributed by atoms with Gasteiger partial charge >= 0.3 is 0 Å². The van der Waals surface area contributed by atoms with Gasteiger partial charge in [-0.1, -0.05) is 6.07 Å². The number of rotatable bonds is 6. The highest BCUT2D eigenvalue weighted by Gasteiger charge is 2.12. The van der Waals surface area contributed by atoms with Crippen molar-refractivity contribution in [2.45, 2.75) is 32.8 Å². The Labute approximate surface area is 97.0 Å². The molecule has 0 fully saturated rings. The molecule has 0 saturated heterocycles. The Morgan fingerprint density at radius 2 is 1.81 bits per heavy atom. The van der Waals surface area contributed by atoms with Crippen LogP contribution in [0, 0.1) is 0 Å². The molecule has 16 heavy (non-hydrogen) atoms. The number of aliphatic hydroxyl groups is 1. The number of ether oxygens (including phenoxy) is 2. The van der Waals surface area contributed by atoms with E-state index in [1.165, 1.54) is 0 Å². The highest BCUT2D eigenvalue weighted by molar-refractivity contribution is 5.32. The number of benzene rings is 1. The summed E-state index contributed by atoms with van der Waals surface area (Å²) in [5.74, 6) is 1.58. The fourth-order valence-corrected chi connectivity index (χ4v) is 1.24. The van der Waals surface area contributed by atoms with Crippen LogP contribution in [0.2, 0.25) is 0 Å². The highest BCUT2D eigenvalue weighted by Crippen LogP contribution is 2.20. The lowest BCUT2D eigenvalue weighted by Crippen LogP contribution is -2.21. The van der Waals surface area contributed by atoms with E-state index in [0.717, 1.165) is 11.5 Å². The largest absolute Gasteiger partial charge is 0.494 e. The van der Waals surface area contributed by atoms with Gasteiger partial charge < -0.3 is 14.6 Å². The third-order valence-corrected chi connectivity index (χ3v) is 2.10. The molecule has 0 aromatic heterocycles. The minimum Gasteiger partial charge on any atom is -0.494 e. The van der Waals surface area contributed by atoms with E-state index in [1.807, 2.05) is 31.2 Å². The van der Waals surface area contributed by atoms with Crippen molar-refractivity contribution in [2.24, 2.45) is 0 Å². The summed E-state index contributed by atoms with van der Waals surface area (Å²) in [4.78, 5) is 0. The van der Waals surface area contributed by atoms with Crippen LogP contribution in [0.3, 0.4) is 0 Å². The predicted octanol–water partition coefficient (Wildman–Crippen LogP) is 2.63. The van der Waals surface area contributed by atoms with Crippen molar-refractivity contribution < 1.29 is 14.6 Å². The van der Waals surface area contributed by atoms with Gasteiger partial charge in [0.15, 0.2) is 0 Å². The molecule has 0 unspecified atom stereocenters. The maximum atomic E-state index is 9.53. The Morgan fingerprint density at radius 3 is 2.38 bits per heavy atom. The van der Waals surface area contributed by atoms with E-state index < -0.39 is 5.60 Å². The van der Waals surface area contributed by atoms with E-state index in [1.54, 1.807) is 13.8 Å². The molecule has 1 aromatic carbocycles. The zero-order valence-electron chi connectivity index (χ0n) is 10.2. The topological polar surface area (TPSA) is 38.7 Å². The van der Waals surface area contributed by atoms with Gasteiger partial charge in [0.05, 0.1) is 18.8 Å². The number of hydrogen-bond donors (Lipinski definition) is 1. The monoisotopic (exact) mass is 224 g/mol. The summed E-state index contributed by atoms with van der Waals surface area (Å²) in [5.41, 5.74) is -0.683. The maximum absolute atomic E-state index is 9.53. The van der Waals surface area contributed by atoms with Crippen LogP contribution in [0.5, 0.6) is 11.5 Å². The van der Waals surface area contributed by atoms with Gasteiger partial charge in [-0.05, 0) is 32.9 Å². The van der Waals surface area contributed by atoms with Crippen molar-refractivity contribution in [3.8, 4) is 11.5 Å². The van der Waals surface area contributed by atoms with Crippen LogP contribution in [0.25, 0.3) is 0 Å². The second-order valence-electron chi connectivity index (χ2n) is 4.32. The Bertz CT molecular complexity index is 315. The van der Waals surface area contributed by atoms with Gasteiger partial charge in [-0.15, -0.1) is 0 Å². The second kappa shape index (κ2) is 5.75. The van der Waals surface area contributed by atoms with Gasteiger partial charge in [0.1, 0.15) is 11.5 Å². The molecule has 1 N–H and O–H groups in total. The minimum atomic E-state index is -0.683. The van der Waals surface area contributed by atoms with Crippen LogP contribution in [0.1, 0.15) is 27.2 Å². The molecule has 0 atom stereocenters. The standard InChI is InChI=1S/C13H20O3/c1-4-15-11-6-5-7-12(10-11)16-9-8-13(2,3)14/h5-7,10,14H,4,8-9H2,1-3H3. The summed E-state index contributed by atoms with van der Waals surface area (Å²) in [5, 5.41) is 9.53. The number of hydrogen-bond acceptors (Lipinski definition) is 3. The van der Waals surface area contributed by atoms with Gasteiger partial charge in [0.2, 0.25) is 0 Å². The van der Waals surface area contributed by atoms with Crippen LogP contribution in [-0.4, -0.2) is 23.9 Å². The van der Waals surface area contributed by atoms with Crippen molar-refractivity contribution >= 4 is 0 Å². The van der Waals surface area contributed by atoms with Crippen LogP contribution in [0.15, 0.2) is 24.3 Å². The molecule has 3 heteroatoms. The second-order valence-corrected chi connectivity index (χ2v) is 4.32. The molecule has 90 valence electrons. The summed E-state index contributed by atoms with van der Waals surface area (Å²) in [6, 6.07) is 7.53. The lowest BCUT2D eigenvalue weighted by molar-refractivity contribution is 0.0553. The third kappa shape index (κ3) is 5.03. The van der Waals surface area contributed by atoms with Crippen molar-refractivity contribution in [2.75, 3.05) is 13.2 Å². The maximum Gasteiger partial charge on any atom is 0.122 e. The fraction of sp³-hybridized carbons (Fsp3) is 0.538. The molecular formula is C13H20O3. The predicted molar refractivity (Wildman–Crippen MR) is 64.0 cm³/mol. The van der Waals surface area contributed by atoms with Gasteiger partial charge in [0, 0.05) is 12.5 Å². The van der Waals surface area contributed by atoms with E-state index in [9.17, 15) is 5.11 Å². The zero-order valence-corrected chi connectivity index (χ0v) is 10.2. The van der Waals surface area contributed by atoms with Gasteiger partial charge in [-0.25, -0.2) is 0 Å². The Balaban J connectivity index is 2.44. The van der Waals surface area contributed by atoms with E-state index in [2.05, 4.69) is 0 Å². The van der Waals surface area contributed by atoms with Crippen molar-refractivity contribution in [3.05, 3.63) is 24.3 Å². The average Bonchev–Trinajstić information content (AvgIpc) is 2.17. The molecule has 0 radical (unpaired) electrons. The quantitative estimate of drug-likeness (QED) is 0.807. The first kappa shape index (κ1) is 12.8. The molecule has 0 aliphatic carbocycles. The molecule has 0 heterocycles. The first-order valence-corrected chi connectivity index (χ1v) is 5.59. The SMILES string of the molecule is CCOc1cccc(OCCC(C)(C)O)c1. The lowest BCUT2D eigenvalue weighted by atomic mass is 10.1. The molecule has 1 rings (SSSR count). The molecule has 0 bridgehead atoms. The first-order chi connectivity index (χ1) is 7.51. The normalized spacial score (nSPS) is 11.2. The fourth-order valence-electron chi connectivity index (χ4n) is 1.24. The molecular weight excluding hydrogens is 204 g/mol. The molecule has 0 spiro atoms. The van der Waals surface area contributed by atoms with Crippen LogP contribution in [0.4, 0.5) is 0 Å². The Morgan fingerprint density at radius 1 is 1.19 bits per heavy atom. The third-order valence-electron chi connectivity index (χ3n) is 2.10. The molecule has 0 saturated carbocycles. The Hall–Kier alpha value is -1.22. The van der Waals surface area contributed by atoms with Crippen molar-refractivity contribution in [1.29, 1.82) is 0 Å². The van der Waals surface area contributed by atoms with Gasteiger partial charge in [-0.3, -0.25) is 0 Å². The first-order valence-electron chi connectivity index (χ1n) is 5.59. The average molecular weight is 224 g/mol. The molecule has 0 amide bonds. The molecule has 1 aromatic rings. The van der Waals surface area contributed by atoms with Gasteiger partial charge in [-0.2, -0.15) is 0 Å². The Kier molecular flexibility index (Phi) is 4.62. The molecule has 0 aliphatic heterocycles. The summed E-state index contributed by atoms with van der Waals surface area (Å²) in [6.07, 6.45) is 0.603. The molecule has 3 nitrogen and oxygen atoms in total. The smallest absolute Gasteiger partial charge is 0.122 e.